The molecule has 222 valence electrons. The number of carbonyl (C=O) groups excluding carboxylic acids is 2. The number of hydrogen-bond acceptors (Lipinski definition) is 6. The Labute approximate surface area is 250 Å². The quantitative estimate of drug-likeness (QED) is 0.286. The lowest BCUT2D eigenvalue weighted by atomic mass is 9.78. The highest BCUT2D eigenvalue weighted by Crippen LogP contribution is 2.42. The van der Waals surface area contributed by atoms with Gasteiger partial charge in [-0.3, -0.25) is 15.1 Å². The van der Waals surface area contributed by atoms with Gasteiger partial charge in [-0.1, -0.05) is 30.5 Å². The molecular formula is C31H36ClFN6O3. The lowest BCUT2D eigenvalue weighted by molar-refractivity contribution is -0.119. The average Bonchev–Trinajstić information content (AvgIpc) is 3.71. The molecular weight excluding hydrogens is 559 g/mol. The van der Waals surface area contributed by atoms with Crippen molar-refractivity contribution in [1.29, 1.82) is 0 Å². The minimum absolute atomic E-state index is 0.0508. The number of aromatic nitrogens is 2. The largest absolute Gasteiger partial charge is 0.380 e. The van der Waals surface area contributed by atoms with Gasteiger partial charge in [0.25, 0.3) is 0 Å². The first kappa shape index (κ1) is 29.9. The summed E-state index contributed by atoms with van der Waals surface area (Å²) in [5, 5.41) is 9.42. The SMILES string of the molecule is CN[C@](CCC1CC1)(c1ccnc(C)c1)c1ccc(F)c(NC(=O)[C@H]2C[C@@H](OC)CN2C(=O)Nc2ccc(Cl)cn2)c1. The molecule has 2 aromatic heterocycles. The second-order valence-corrected chi connectivity index (χ2v) is 11.5. The van der Waals surface area contributed by atoms with Crippen LogP contribution in [-0.4, -0.2) is 59.7 Å². The Balaban J connectivity index is 1.40. The predicted octanol–water partition coefficient (Wildman–Crippen LogP) is 5.49. The maximum absolute atomic E-state index is 15.2. The number of methoxy groups -OCH3 is 1. The number of amides is 3. The van der Waals surface area contributed by atoms with Crippen LogP contribution in [0.3, 0.4) is 0 Å². The van der Waals surface area contributed by atoms with E-state index >= 15 is 4.39 Å². The van der Waals surface area contributed by atoms with Crippen molar-refractivity contribution in [2.24, 2.45) is 5.92 Å². The predicted molar refractivity (Wildman–Crippen MR) is 160 cm³/mol. The molecule has 3 heterocycles. The number of ether oxygens (including phenoxy) is 1. The first-order valence-corrected chi connectivity index (χ1v) is 14.5. The molecule has 0 spiro atoms. The summed E-state index contributed by atoms with van der Waals surface area (Å²) in [4.78, 5) is 36.6. The molecule has 3 N–H and O–H groups in total. The summed E-state index contributed by atoms with van der Waals surface area (Å²) < 4.78 is 20.7. The summed E-state index contributed by atoms with van der Waals surface area (Å²) in [6.45, 7) is 2.14. The number of rotatable bonds is 10. The van der Waals surface area contributed by atoms with Crippen molar-refractivity contribution >= 4 is 35.0 Å². The number of aryl methyl sites for hydroxylation is 1. The smallest absolute Gasteiger partial charge is 0.323 e. The fourth-order valence-corrected chi connectivity index (χ4v) is 5.79. The van der Waals surface area contributed by atoms with E-state index in [-0.39, 0.29) is 24.8 Å². The molecule has 2 aliphatic rings. The van der Waals surface area contributed by atoms with E-state index in [0.717, 1.165) is 29.7 Å². The zero-order chi connectivity index (χ0) is 29.9. The third-order valence-electron chi connectivity index (χ3n) is 8.28. The lowest BCUT2D eigenvalue weighted by Crippen LogP contribution is -2.45. The molecule has 5 rings (SSSR count). The van der Waals surface area contributed by atoms with E-state index in [1.54, 1.807) is 30.5 Å². The van der Waals surface area contributed by atoms with Crippen molar-refractivity contribution in [3.63, 3.8) is 0 Å². The van der Waals surface area contributed by atoms with Crippen LogP contribution in [0.25, 0.3) is 0 Å². The first-order chi connectivity index (χ1) is 20.2. The maximum atomic E-state index is 15.2. The monoisotopic (exact) mass is 594 g/mol. The molecule has 3 atom stereocenters. The van der Waals surface area contributed by atoms with Crippen LogP contribution in [0.5, 0.6) is 0 Å². The molecule has 3 amide bonds. The normalized spacial score (nSPS) is 19.8. The average molecular weight is 595 g/mol. The highest BCUT2D eigenvalue weighted by molar-refractivity contribution is 6.30. The number of nitrogens with one attached hydrogen (secondary N) is 3. The van der Waals surface area contributed by atoms with Crippen LogP contribution in [0, 0.1) is 18.7 Å². The van der Waals surface area contributed by atoms with Crippen LogP contribution >= 0.6 is 11.6 Å². The number of carbonyl (C=O) groups is 2. The molecule has 1 saturated carbocycles. The molecule has 9 nitrogen and oxygen atoms in total. The van der Waals surface area contributed by atoms with E-state index in [9.17, 15) is 9.59 Å². The number of likely N-dealkylation sites (tertiary alicyclic amines) is 1. The van der Waals surface area contributed by atoms with Crippen LogP contribution in [0.2, 0.25) is 5.02 Å². The van der Waals surface area contributed by atoms with Crippen molar-refractivity contribution < 1.29 is 18.7 Å². The topological polar surface area (TPSA) is 108 Å². The van der Waals surface area contributed by atoms with Crippen molar-refractivity contribution in [3.05, 3.63) is 82.5 Å². The highest BCUT2D eigenvalue weighted by atomic mass is 35.5. The van der Waals surface area contributed by atoms with Gasteiger partial charge in [-0.2, -0.15) is 0 Å². The molecule has 1 aliphatic heterocycles. The Bertz CT molecular complexity index is 1440. The summed E-state index contributed by atoms with van der Waals surface area (Å²) >= 11 is 5.90. The van der Waals surface area contributed by atoms with Gasteiger partial charge in [-0.05, 0) is 80.3 Å². The number of benzene rings is 1. The molecule has 0 radical (unpaired) electrons. The summed E-state index contributed by atoms with van der Waals surface area (Å²) in [5.74, 6) is -0.0776. The Morgan fingerprint density at radius 1 is 1.12 bits per heavy atom. The maximum Gasteiger partial charge on any atom is 0.323 e. The molecule has 0 unspecified atom stereocenters. The van der Waals surface area contributed by atoms with Gasteiger partial charge in [-0.15, -0.1) is 0 Å². The molecule has 42 heavy (non-hydrogen) atoms. The van der Waals surface area contributed by atoms with E-state index in [0.29, 0.717) is 16.8 Å². The van der Waals surface area contributed by atoms with Gasteiger partial charge in [0.05, 0.1) is 22.4 Å². The van der Waals surface area contributed by atoms with Gasteiger partial charge < -0.3 is 20.3 Å². The van der Waals surface area contributed by atoms with Crippen molar-refractivity contribution in [1.82, 2.24) is 20.2 Å². The van der Waals surface area contributed by atoms with E-state index in [1.165, 1.54) is 37.1 Å². The van der Waals surface area contributed by atoms with Crippen LogP contribution in [0.15, 0.2) is 54.9 Å². The van der Waals surface area contributed by atoms with E-state index < -0.39 is 29.3 Å². The molecule has 11 heteroatoms. The minimum atomic E-state index is -0.878. The summed E-state index contributed by atoms with van der Waals surface area (Å²) in [7, 11) is 3.43. The van der Waals surface area contributed by atoms with Gasteiger partial charge in [0, 0.05) is 38.2 Å². The number of pyridine rings is 2. The van der Waals surface area contributed by atoms with Crippen LogP contribution in [0.4, 0.5) is 20.7 Å². The fourth-order valence-electron chi connectivity index (χ4n) is 5.68. The van der Waals surface area contributed by atoms with Gasteiger partial charge in [0.15, 0.2) is 0 Å². The van der Waals surface area contributed by atoms with Crippen molar-refractivity contribution in [3.8, 4) is 0 Å². The summed E-state index contributed by atoms with van der Waals surface area (Å²) in [6, 6.07) is 10.6. The van der Waals surface area contributed by atoms with Crippen LogP contribution in [-0.2, 0) is 15.1 Å². The third kappa shape index (κ3) is 6.56. The Kier molecular flexibility index (Phi) is 9.05. The van der Waals surface area contributed by atoms with Gasteiger partial charge in [-0.25, -0.2) is 14.2 Å². The fraction of sp³-hybridized carbons (Fsp3) is 0.419. The molecule has 1 aromatic carbocycles. The molecule has 2 fully saturated rings. The van der Waals surface area contributed by atoms with Gasteiger partial charge in [0.1, 0.15) is 17.7 Å². The standard InChI is InChI=1S/C31H36ClFN6O3/c1-19-14-22(11-13-35-19)31(34-2,12-10-20-4-5-20)21-6-8-25(33)26(15-21)37-29(40)27-16-24(42-3)18-39(27)30(41)38-28-9-7-23(32)17-36-28/h6-9,11,13-15,17,20,24,27,34H,4-5,10,12,16,18H2,1-3H3,(H,37,40)(H,36,38,41)/t24-,27-,31+/m1/s1. The van der Waals surface area contributed by atoms with E-state index in [1.807, 2.05) is 26.1 Å². The van der Waals surface area contributed by atoms with Gasteiger partial charge in [0.2, 0.25) is 5.91 Å². The second kappa shape index (κ2) is 12.7. The highest BCUT2D eigenvalue weighted by Gasteiger charge is 2.41. The molecule has 3 aromatic rings. The van der Waals surface area contributed by atoms with Gasteiger partial charge >= 0.3 is 6.03 Å². The number of hydrogen-bond donors (Lipinski definition) is 3. The zero-order valence-corrected chi connectivity index (χ0v) is 24.7. The molecule has 1 saturated heterocycles. The van der Waals surface area contributed by atoms with E-state index in [2.05, 4.69) is 25.9 Å². The number of nitrogens with zero attached hydrogens (tertiary/aromatic N) is 3. The van der Waals surface area contributed by atoms with E-state index in [4.69, 9.17) is 16.3 Å². The Hall–Kier alpha value is -3.60. The Morgan fingerprint density at radius 3 is 2.57 bits per heavy atom. The van der Waals surface area contributed by atoms with Crippen molar-refractivity contribution in [2.45, 2.75) is 56.7 Å². The van der Waals surface area contributed by atoms with Crippen molar-refractivity contribution in [2.75, 3.05) is 31.3 Å². The molecule has 1 aliphatic carbocycles. The van der Waals surface area contributed by atoms with Crippen LogP contribution < -0.4 is 16.0 Å². The summed E-state index contributed by atoms with van der Waals surface area (Å²) in [6.07, 6.45) is 7.39. The minimum Gasteiger partial charge on any atom is -0.380 e. The van der Waals surface area contributed by atoms with Crippen LogP contribution in [0.1, 0.15) is 48.9 Å². The third-order valence-corrected chi connectivity index (χ3v) is 8.50. The second-order valence-electron chi connectivity index (χ2n) is 11.1. The number of halogens is 2. The summed E-state index contributed by atoms with van der Waals surface area (Å²) in [5.41, 5.74) is 2.19. The molecule has 0 bridgehead atoms. The number of urea groups is 1. The Morgan fingerprint density at radius 2 is 1.90 bits per heavy atom. The first-order valence-electron chi connectivity index (χ1n) is 14.2. The zero-order valence-electron chi connectivity index (χ0n) is 24.0. The number of anilines is 2. The lowest BCUT2D eigenvalue weighted by Gasteiger charge is -2.36.